The number of imidazole rings is 1. The van der Waals surface area contributed by atoms with E-state index in [1.807, 2.05) is 22.8 Å². The summed E-state index contributed by atoms with van der Waals surface area (Å²) in [4.78, 5) is 4.41. The van der Waals surface area contributed by atoms with Crippen LogP contribution >= 0.6 is 0 Å². The lowest BCUT2D eigenvalue weighted by Gasteiger charge is -2.10. The van der Waals surface area contributed by atoms with Gasteiger partial charge in [0.2, 0.25) is 5.95 Å². The highest BCUT2D eigenvalue weighted by Gasteiger charge is 2.17. The van der Waals surface area contributed by atoms with Crippen LogP contribution in [0.25, 0.3) is 33.4 Å². The van der Waals surface area contributed by atoms with Crippen molar-refractivity contribution in [1.29, 1.82) is 0 Å². The quantitative estimate of drug-likeness (QED) is 0.553. The van der Waals surface area contributed by atoms with Gasteiger partial charge in [0.15, 0.2) is 0 Å². The fourth-order valence-electron chi connectivity index (χ4n) is 3.26. The Labute approximate surface area is 154 Å². The van der Waals surface area contributed by atoms with E-state index < -0.39 is 11.6 Å². The van der Waals surface area contributed by atoms with Gasteiger partial charge < -0.3 is 10.3 Å². The summed E-state index contributed by atoms with van der Waals surface area (Å²) >= 11 is 0. The number of nitrogens with two attached hydrogens (primary N) is 1. The van der Waals surface area contributed by atoms with Crippen molar-refractivity contribution in [2.45, 2.75) is 20.4 Å². The van der Waals surface area contributed by atoms with Crippen molar-refractivity contribution in [2.24, 2.45) is 5.92 Å². The van der Waals surface area contributed by atoms with E-state index in [1.54, 1.807) is 6.20 Å². The van der Waals surface area contributed by atoms with Crippen molar-refractivity contribution in [3.8, 4) is 22.4 Å². The summed E-state index contributed by atoms with van der Waals surface area (Å²) in [5.74, 6) is -0.402. The summed E-state index contributed by atoms with van der Waals surface area (Å²) in [7, 11) is 0. The Balaban J connectivity index is 1.85. The number of aromatic amines is 1. The summed E-state index contributed by atoms with van der Waals surface area (Å²) in [5, 5.41) is 6.95. The van der Waals surface area contributed by atoms with Gasteiger partial charge in [-0.25, -0.2) is 13.8 Å². The lowest BCUT2D eigenvalue weighted by molar-refractivity contribution is 0.538. The Morgan fingerprint density at radius 2 is 1.93 bits per heavy atom. The molecule has 0 aliphatic rings. The van der Waals surface area contributed by atoms with Crippen LogP contribution in [-0.2, 0) is 6.54 Å². The minimum absolute atomic E-state index is 0.239. The van der Waals surface area contributed by atoms with E-state index in [1.165, 1.54) is 12.1 Å². The molecule has 0 saturated carbocycles. The molecule has 0 amide bonds. The SMILES string of the molecule is CC(C)Cn1c(N)nc2ccc(-c3c[nH]nc3-c3ccc(F)cc3F)cc21. The third kappa shape index (κ3) is 3.05. The number of H-pyrrole nitrogens is 1. The molecule has 4 aromatic rings. The number of nitrogens with one attached hydrogen (secondary N) is 1. The molecule has 0 atom stereocenters. The van der Waals surface area contributed by atoms with Crippen LogP contribution in [0.1, 0.15) is 13.8 Å². The minimum atomic E-state index is -0.654. The zero-order valence-electron chi connectivity index (χ0n) is 15.0. The fourth-order valence-corrected chi connectivity index (χ4v) is 3.26. The number of anilines is 1. The minimum Gasteiger partial charge on any atom is -0.369 e. The van der Waals surface area contributed by atoms with Gasteiger partial charge in [-0.15, -0.1) is 0 Å². The van der Waals surface area contributed by atoms with Gasteiger partial charge in [-0.1, -0.05) is 19.9 Å². The number of halogens is 2. The van der Waals surface area contributed by atoms with Crippen molar-refractivity contribution in [3.05, 3.63) is 54.2 Å². The fraction of sp³-hybridized carbons (Fsp3) is 0.200. The van der Waals surface area contributed by atoms with E-state index in [0.717, 1.165) is 34.8 Å². The summed E-state index contributed by atoms with van der Waals surface area (Å²) in [6.45, 7) is 4.97. The van der Waals surface area contributed by atoms with Crippen molar-refractivity contribution >= 4 is 17.0 Å². The number of fused-ring (bicyclic) bond motifs is 1. The molecule has 3 N–H and O–H groups in total. The van der Waals surface area contributed by atoms with Crippen LogP contribution in [0.3, 0.4) is 0 Å². The maximum atomic E-state index is 14.2. The molecule has 2 aromatic heterocycles. The molecule has 138 valence electrons. The summed E-state index contributed by atoms with van der Waals surface area (Å²) in [5.41, 5.74) is 10.0. The maximum Gasteiger partial charge on any atom is 0.201 e. The molecule has 0 aliphatic carbocycles. The first-order chi connectivity index (χ1) is 12.9. The van der Waals surface area contributed by atoms with Crippen LogP contribution in [0.15, 0.2) is 42.6 Å². The molecular weight excluding hydrogens is 348 g/mol. The van der Waals surface area contributed by atoms with E-state index in [2.05, 4.69) is 29.0 Å². The molecule has 0 bridgehead atoms. The van der Waals surface area contributed by atoms with Gasteiger partial charge in [-0.3, -0.25) is 5.10 Å². The standard InChI is InChI=1S/C20H19F2N5/c1-11(2)10-27-18-7-12(3-6-17(18)25-20(27)23)15-9-24-26-19(15)14-5-4-13(21)8-16(14)22/h3-9,11H,10H2,1-2H3,(H2,23,25)(H,24,26). The molecule has 0 aliphatic heterocycles. The second-order valence-corrected chi connectivity index (χ2v) is 6.95. The number of hydrogen-bond acceptors (Lipinski definition) is 3. The molecule has 27 heavy (non-hydrogen) atoms. The zero-order chi connectivity index (χ0) is 19.1. The van der Waals surface area contributed by atoms with Crippen LogP contribution in [0.2, 0.25) is 0 Å². The molecule has 0 saturated heterocycles. The first kappa shape index (κ1) is 17.2. The zero-order valence-corrected chi connectivity index (χ0v) is 15.0. The predicted octanol–water partition coefficient (Wildman–Crippen LogP) is 4.61. The molecule has 2 aromatic carbocycles. The highest BCUT2D eigenvalue weighted by molar-refractivity contribution is 5.88. The molecule has 4 rings (SSSR count). The highest BCUT2D eigenvalue weighted by atomic mass is 19.1. The van der Waals surface area contributed by atoms with Crippen LogP contribution in [0.4, 0.5) is 14.7 Å². The number of nitrogens with zero attached hydrogens (tertiary/aromatic N) is 3. The van der Waals surface area contributed by atoms with Crippen LogP contribution in [0.5, 0.6) is 0 Å². The molecule has 0 radical (unpaired) electrons. The Morgan fingerprint density at radius 1 is 1.11 bits per heavy atom. The van der Waals surface area contributed by atoms with Crippen molar-refractivity contribution < 1.29 is 8.78 Å². The lowest BCUT2D eigenvalue weighted by atomic mass is 10.0. The molecule has 0 unspecified atom stereocenters. The Kier molecular flexibility index (Phi) is 4.14. The van der Waals surface area contributed by atoms with E-state index >= 15 is 0 Å². The van der Waals surface area contributed by atoms with Crippen molar-refractivity contribution in [1.82, 2.24) is 19.7 Å². The molecule has 0 fully saturated rings. The Hall–Kier alpha value is -3.22. The average Bonchev–Trinajstić information content (AvgIpc) is 3.20. The molecule has 0 spiro atoms. The monoisotopic (exact) mass is 367 g/mol. The van der Waals surface area contributed by atoms with Crippen LogP contribution in [-0.4, -0.2) is 19.7 Å². The van der Waals surface area contributed by atoms with Gasteiger partial charge in [0.05, 0.1) is 11.0 Å². The van der Waals surface area contributed by atoms with Crippen molar-refractivity contribution in [3.63, 3.8) is 0 Å². The van der Waals surface area contributed by atoms with E-state index in [-0.39, 0.29) is 5.56 Å². The van der Waals surface area contributed by atoms with Gasteiger partial charge in [0.1, 0.15) is 17.3 Å². The van der Waals surface area contributed by atoms with Gasteiger partial charge in [0.25, 0.3) is 0 Å². The topological polar surface area (TPSA) is 72.5 Å². The van der Waals surface area contributed by atoms with Crippen molar-refractivity contribution in [2.75, 3.05) is 5.73 Å². The summed E-state index contributed by atoms with van der Waals surface area (Å²) in [6, 6.07) is 9.22. The maximum absolute atomic E-state index is 14.2. The summed E-state index contributed by atoms with van der Waals surface area (Å²) in [6.07, 6.45) is 1.70. The number of nitrogen functional groups attached to an aromatic ring is 1. The normalized spacial score (nSPS) is 11.6. The molecule has 7 heteroatoms. The third-order valence-electron chi connectivity index (χ3n) is 4.46. The number of rotatable bonds is 4. The predicted molar refractivity (Wildman–Crippen MR) is 102 cm³/mol. The number of benzene rings is 2. The van der Waals surface area contributed by atoms with Gasteiger partial charge in [-0.05, 0) is 35.7 Å². The van der Waals surface area contributed by atoms with Gasteiger partial charge >= 0.3 is 0 Å². The number of aromatic nitrogens is 4. The third-order valence-corrected chi connectivity index (χ3v) is 4.46. The largest absolute Gasteiger partial charge is 0.369 e. The van der Waals surface area contributed by atoms with E-state index in [0.29, 0.717) is 17.6 Å². The first-order valence-corrected chi connectivity index (χ1v) is 8.69. The Bertz CT molecular complexity index is 1130. The van der Waals surface area contributed by atoms with Gasteiger partial charge in [-0.2, -0.15) is 5.10 Å². The summed E-state index contributed by atoms with van der Waals surface area (Å²) < 4.78 is 29.5. The average molecular weight is 367 g/mol. The second kappa shape index (κ2) is 6.50. The Morgan fingerprint density at radius 3 is 2.67 bits per heavy atom. The van der Waals surface area contributed by atoms with Crippen LogP contribution in [0, 0.1) is 17.6 Å². The lowest BCUT2D eigenvalue weighted by Crippen LogP contribution is -2.07. The van der Waals surface area contributed by atoms with E-state index in [4.69, 9.17) is 5.73 Å². The highest BCUT2D eigenvalue weighted by Crippen LogP contribution is 2.34. The smallest absolute Gasteiger partial charge is 0.201 e. The van der Waals surface area contributed by atoms with Gasteiger partial charge in [0, 0.05) is 29.9 Å². The second-order valence-electron chi connectivity index (χ2n) is 6.95. The molecular formula is C20H19F2N5. The number of hydrogen-bond donors (Lipinski definition) is 2. The first-order valence-electron chi connectivity index (χ1n) is 8.69. The van der Waals surface area contributed by atoms with Crippen LogP contribution < -0.4 is 5.73 Å². The molecule has 5 nitrogen and oxygen atoms in total. The van der Waals surface area contributed by atoms with E-state index in [9.17, 15) is 8.78 Å². The molecule has 2 heterocycles.